The molecule has 1 amide bonds. The smallest absolute Gasteiger partial charge is 0.270 e. The van der Waals surface area contributed by atoms with E-state index in [1.54, 1.807) is 29.7 Å². The molecular formula is C17H14N4O. The second-order valence-electron chi connectivity index (χ2n) is 4.91. The lowest BCUT2D eigenvalue weighted by Gasteiger charge is -2.06. The zero-order valence-electron chi connectivity index (χ0n) is 12.1. The highest BCUT2D eigenvalue weighted by molar-refractivity contribution is 5.95. The molecule has 0 fully saturated rings. The molecule has 0 bridgehead atoms. The van der Waals surface area contributed by atoms with E-state index in [0.29, 0.717) is 29.3 Å². The largest absolute Gasteiger partial charge is 0.347 e. The van der Waals surface area contributed by atoms with Gasteiger partial charge in [-0.2, -0.15) is 0 Å². The second kappa shape index (κ2) is 5.70. The monoisotopic (exact) mass is 290 g/mol. The van der Waals surface area contributed by atoms with Crippen molar-refractivity contribution in [3.8, 4) is 0 Å². The van der Waals surface area contributed by atoms with Crippen molar-refractivity contribution in [3.63, 3.8) is 0 Å². The van der Waals surface area contributed by atoms with Crippen LogP contribution in [-0.4, -0.2) is 15.3 Å². The van der Waals surface area contributed by atoms with Gasteiger partial charge >= 0.3 is 0 Å². The van der Waals surface area contributed by atoms with E-state index in [0.717, 1.165) is 5.56 Å². The van der Waals surface area contributed by atoms with Gasteiger partial charge < -0.3 is 9.72 Å². The first-order valence-electron chi connectivity index (χ1n) is 6.88. The number of amides is 1. The Hall–Kier alpha value is -3.13. The van der Waals surface area contributed by atoms with Crippen LogP contribution in [0.2, 0.25) is 0 Å². The summed E-state index contributed by atoms with van der Waals surface area (Å²) in [5, 5.41) is 2.89. The predicted octanol–water partition coefficient (Wildman–Crippen LogP) is 3.12. The molecule has 0 radical (unpaired) electrons. The molecule has 0 unspecified atom stereocenters. The van der Waals surface area contributed by atoms with Gasteiger partial charge in [0.05, 0.1) is 12.3 Å². The summed E-state index contributed by atoms with van der Waals surface area (Å²) < 4.78 is 1.67. The summed E-state index contributed by atoms with van der Waals surface area (Å²) in [5.41, 5.74) is 3.06. The lowest BCUT2D eigenvalue weighted by atomic mass is 10.2. The lowest BCUT2D eigenvalue weighted by molar-refractivity contribution is 0.0944. The Morgan fingerprint density at radius 3 is 2.77 bits per heavy atom. The van der Waals surface area contributed by atoms with Crippen molar-refractivity contribution >= 4 is 17.2 Å². The van der Waals surface area contributed by atoms with Gasteiger partial charge in [-0.15, -0.1) is 0 Å². The minimum Gasteiger partial charge on any atom is -0.347 e. The molecule has 0 aliphatic carbocycles. The van der Waals surface area contributed by atoms with Gasteiger partial charge in [0, 0.05) is 12.7 Å². The Morgan fingerprint density at radius 1 is 1.27 bits per heavy atom. The van der Waals surface area contributed by atoms with Crippen LogP contribution in [0.5, 0.6) is 0 Å². The molecule has 108 valence electrons. The van der Waals surface area contributed by atoms with Crippen LogP contribution in [0.3, 0.4) is 0 Å². The van der Waals surface area contributed by atoms with E-state index in [2.05, 4.69) is 15.1 Å². The van der Waals surface area contributed by atoms with Gasteiger partial charge in [-0.25, -0.2) is 9.83 Å². The average molecular weight is 290 g/mol. The van der Waals surface area contributed by atoms with E-state index in [9.17, 15) is 4.79 Å². The SMILES string of the molecule is [C-]#[N+]c1cccn2c(C(=O)NCc3ccccc3)c(C)nc12. The molecular weight excluding hydrogens is 276 g/mol. The molecule has 1 aromatic carbocycles. The first-order chi connectivity index (χ1) is 10.7. The molecule has 0 spiro atoms. The van der Waals surface area contributed by atoms with Gasteiger partial charge in [0.1, 0.15) is 11.3 Å². The highest BCUT2D eigenvalue weighted by atomic mass is 16.1. The number of aryl methyl sites for hydroxylation is 1. The van der Waals surface area contributed by atoms with Crippen LogP contribution in [0.15, 0.2) is 48.7 Å². The Bertz CT molecular complexity index is 875. The van der Waals surface area contributed by atoms with Crippen molar-refractivity contribution in [1.29, 1.82) is 0 Å². The summed E-state index contributed by atoms with van der Waals surface area (Å²) in [6, 6.07) is 13.2. The highest BCUT2D eigenvalue weighted by Crippen LogP contribution is 2.22. The highest BCUT2D eigenvalue weighted by Gasteiger charge is 2.17. The number of imidazole rings is 1. The number of nitrogens with one attached hydrogen (secondary N) is 1. The molecule has 3 rings (SSSR count). The minimum atomic E-state index is -0.198. The summed E-state index contributed by atoms with van der Waals surface area (Å²) in [6.07, 6.45) is 1.75. The molecule has 0 aliphatic heterocycles. The fourth-order valence-electron chi connectivity index (χ4n) is 2.39. The number of fused-ring (bicyclic) bond motifs is 1. The number of hydrogen-bond acceptors (Lipinski definition) is 2. The van der Waals surface area contributed by atoms with Crippen molar-refractivity contribution in [2.24, 2.45) is 0 Å². The third kappa shape index (κ3) is 2.42. The summed E-state index contributed by atoms with van der Waals surface area (Å²) in [4.78, 5) is 20.3. The molecule has 0 aliphatic rings. The summed E-state index contributed by atoms with van der Waals surface area (Å²) >= 11 is 0. The minimum absolute atomic E-state index is 0.198. The maximum absolute atomic E-state index is 12.5. The van der Waals surface area contributed by atoms with E-state index < -0.39 is 0 Å². The van der Waals surface area contributed by atoms with Crippen LogP contribution in [0, 0.1) is 13.5 Å². The zero-order chi connectivity index (χ0) is 15.5. The Kier molecular flexibility index (Phi) is 3.58. The summed E-state index contributed by atoms with van der Waals surface area (Å²) in [5.74, 6) is -0.198. The fraction of sp³-hybridized carbons (Fsp3) is 0.118. The molecule has 1 N–H and O–H groups in total. The van der Waals surface area contributed by atoms with E-state index >= 15 is 0 Å². The van der Waals surface area contributed by atoms with Crippen LogP contribution in [0.25, 0.3) is 10.5 Å². The Balaban J connectivity index is 1.91. The zero-order valence-corrected chi connectivity index (χ0v) is 12.1. The fourth-order valence-corrected chi connectivity index (χ4v) is 2.39. The number of aromatic nitrogens is 2. The predicted molar refractivity (Wildman–Crippen MR) is 83.8 cm³/mol. The van der Waals surface area contributed by atoms with Crippen molar-refractivity contribution in [1.82, 2.24) is 14.7 Å². The maximum Gasteiger partial charge on any atom is 0.270 e. The maximum atomic E-state index is 12.5. The molecule has 22 heavy (non-hydrogen) atoms. The number of benzene rings is 1. The van der Waals surface area contributed by atoms with Crippen molar-refractivity contribution in [3.05, 3.63) is 77.0 Å². The number of carbonyl (C=O) groups excluding carboxylic acids is 1. The van der Waals surface area contributed by atoms with E-state index in [1.165, 1.54) is 0 Å². The molecule has 5 nitrogen and oxygen atoms in total. The van der Waals surface area contributed by atoms with E-state index in [4.69, 9.17) is 6.57 Å². The van der Waals surface area contributed by atoms with Crippen LogP contribution >= 0.6 is 0 Å². The first-order valence-corrected chi connectivity index (χ1v) is 6.88. The van der Waals surface area contributed by atoms with Crippen molar-refractivity contribution in [2.45, 2.75) is 13.5 Å². The Morgan fingerprint density at radius 2 is 2.05 bits per heavy atom. The molecule has 0 saturated carbocycles. The average Bonchev–Trinajstić information content (AvgIpc) is 2.89. The van der Waals surface area contributed by atoms with Gasteiger partial charge in [0.25, 0.3) is 5.91 Å². The quantitative estimate of drug-likeness (QED) is 0.753. The van der Waals surface area contributed by atoms with Crippen LogP contribution in [0.1, 0.15) is 21.7 Å². The van der Waals surface area contributed by atoms with Gasteiger partial charge in [-0.3, -0.25) is 4.79 Å². The van der Waals surface area contributed by atoms with Crippen LogP contribution in [0.4, 0.5) is 5.69 Å². The van der Waals surface area contributed by atoms with Crippen molar-refractivity contribution < 1.29 is 4.79 Å². The second-order valence-corrected chi connectivity index (χ2v) is 4.91. The van der Waals surface area contributed by atoms with E-state index in [-0.39, 0.29) is 5.91 Å². The number of pyridine rings is 1. The first kappa shape index (κ1) is 13.8. The molecule has 2 heterocycles. The number of rotatable bonds is 3. The molecule has 5 heteroatoms. The van der Waals surface area contributed by atoms with Crippen LogP contribution < -0.4 is 5.32 Å². The molecule has 2 aromatic heterocycles. The third-order valence-corrected chi connectivity index (χ3v) is 3.44. The third-order valence-electron chi connectivity index (χ3n) is 3.44. The van der Waals surface area contributed by atoms with Gasteiger partial charge in [-0.05, 0) is 12.5 Å². The van der Waals surface area contributed by atoms with Crippen molar-refractivity contribution in [2.75, 3.05) is 0 Å². The number of hydrogen-bond donors (Lipinski definition) is 1. The van der Waals surface area contributed by atoms with Gasteiger partial charge in [0.2, 0.25) is 5.69 Å². The van der Waals surface area contributed by atoms with Crippen LogP contribution in [-0.2, 0) is 6.54 Å². The Labute approximate surface area is 128 Å². The topological polar surface area (TPSA) is 50.8 Å². The summed E-state index contributed by atoms with van der Waals surface area (Å²) in [6.45, 7) is 9.41. The lowest BCUT2D eigenvalue weighted by Crippen LogP contribution is -2.24. The molecule has 0 saturated heterocycles. The summed E-state index contributed by atoms with van der Waals surface area (Å²) in [7, 11) is 0. The standard InChI is InChI=1S/C17H14N4O/c1-12-15(17(22)19-11-13-7-4-3-5-8-13)21-10-6-9-14(18-2)16(21)20-12/h3-10H,11H2,1H3,(H,19,22). The number of carbonyl (C=O) groups is 1. The number of nitrogens with zero attached hydrogens (tertiary/aromatic N) is 3. The van der Waals surface area contributed by atoms with E-state index in [1.807, 2.05) is 30.3 Å². The normalized spacial score (nSPS) is 10.4. The van der Waals surface area contributed by atoms with Gasteiger partial charge in [0.15, 0.2) is 0 Å². The van der Waals surface area contributed by atoms with Gasteiger partial charge in [-0.1, -0.05) is 42.5 Å². The molecule has 3 aromatic rings. The molecule has 0 atom stereocenters.